The van der Waals surface area contributed by atoms with E-state index in [1.165, 1.54) is 17.8 Å². The van der Waals surface area contributed by atoms with Crippen LogP contribution in [0.4, 0.5) is 13.2 Å². The molecular formula is C22H26F3N3O2. The fourth-order valence-corrected chi connectivity index (χ4v) is 3.50. The first-order valence-electron chi connectivity index (χ1n) is 10.0. The summed E-state index contributed by atoms with van der Waals surface area (Å²) >= 11 is 0. The predicted molar refractivity (Wildman–Crippen MR) is 107 cm³/mol. The molecule has 3 rings (SSSR count). The zero-order valence-corrected chi connectivity index (χ0v) is 16.9. The molecule has 0 unspecified atom stereocenters. The van der Waals surface area contributed by atoms with Gasteiger partial charge < -0.3 is 10.1 Å². The van der Waals surface area contributed by atoms with E-state index in [4.69, 9.17) is 0 Å². The second-order valence-electron chi connectivity index (χ2n) is 7.59. The molecule has 0 bridgehead atoms. The van der Waals surface area contributed by atoms with Gasteiger partial charge in [0.2, 0.25) is 5.91 Å². The van der Waals surface area contributed by atoms with Crippen LogP contribution in [0.5, 0.6) is 5.75 Å². The average Bonchev–Trinajstić information content (AvgIpc) is 2.73. The highest BCUT2D eigenvalue weighted by molar-refractivity contribution is 5.79. The number of likely N-dealkylation sites (tertiary alicyclic amines) is 1. The van der Waals surface area contributed by atoms with Crippen molar-refractivity contribution in [2.45, 2.75) is 38.5 Å². The van der Waals surface area contributed by atoms with Gasteiger partial charge in [-0.25, -0.2) is 0 Å². The van der Waals surface area contributed by atoms with E-state index in [9.17, 15) is 18.0 Å². The SMILES string of the molecule is C[C@@H](NC(=O)C1CCN(Cc2ccccc2)CC1)c1ccc(OCC(F)(F)F)cn1. The zero-order chi connectivity index (χ0) is 21.6. The van der Waals surface area contributed by atoms with Gasteiger partial charge in [0.1, 0.15) is 5.75 Å². The number of rotatable bonds is 7. The Morgan fingerprint density at radius 3 is 2.50 bits per heavy atom. The molecule has 1 saturated heterocycles. The standard InChI is InChI=1S/C22H26F3N3O2/c1-16(20-8-7-19(13-26-20)30-15-22(23,24)25)27-21(29)18-9-11-28(12-10-18)14-17-5-3-2-4-6-17/h2-8,13,16,18H,9-12,14-15H2,1H3,(H,27,29)/t16-/m1/s1. The summed E-state index contributed by atoms with van der Waals surface area (Å²) in [6.07, 6.45) is -1.56. The highest BCUT2D eigenvalue weighted by Crippen LogP contribution is 2.22. The lowest BCUT2D eigenvalue weighted by Gasteiger charge is -2.31. The number of carbonyl (C=O) groups is 1. The fraction of sp³-hybridized carbons (Fsp3) is 0.455. The molecule has 0 radical (unpaired) electrons. The van der Waals surface area contributed by atoms with Gasteiger partial charge in [0.25, 0.3) is 0 Å². The predicted octanol–water partition coefficient (Wildman–Crippen LogP) is 4.11. The van der Waals surface area contributed by atoms with Crippen LogP contribution in [-0.4, -0.2) is 41.7 Å². The first-order valence-corrected chi connectivity index (χ1v) is 10.0. The van der Waals surface area contributed by atoms with Crippen molar-refractivity contribution in [3.63, 3.8) is 0 Å². The second kappa shape index (κ2) is 9.93. The molecule has 162 valence electrons. The van der Waals surface area contributed by atoms with Crippen LogP contribution in [-0.2, 0) is 11.3 Å². The molecule has 0 spiro atoms. The monoisotopic (exact) mass is 421 g/mol. The number of hydrogen-bond donors (Lipinski definition) is 1. The molecule has 2 heterocycles. The number of ether oxygens (including phenoxy) is 1. The number of alkyl halides is 3. The normalized spacial score (nSPS) is 16.8. The van der Waals surface area contributed by atoms with Crippen molar-refractivity contribution < 1.29 is 22.7 Å². The number of halogens is 3. The molecular weight excluding hydrogens is 395 g/mol. The van der Waals surface area contributed by atoms with E-state index in [1.807, 2.05) is 18.2 Å². The molecule has 0 aliphatic carbocycles. The summed E-state index contributed by atoms with van der Waals surface area (Å²) in [5, 5.41) is 2.97. The van der Waals surface area contributed by atoms with E-state index in [1.54, 1.807) is 13.0 Å². The fourth-order valence-electron chi connectivity index (χ4n) is 3.50. The highest BCUT2D eigenvalue weighted by Gasteiger charge is 2.29. The van der Waals surface area contributed by atoms with E-state index < -0.39 is 12.8 Å². The van der Waals surface area contributed by atoms with Crippen LogP contribution < -0.4 is 10.1 Å². The summed E-state index contributed by atoms with van der Waals surface area (Å²) in [5.74, 6) is -0.0182. The Balaban J connectivity index is 1.44. The van der Waals surface area contributed by atoms with Crippen molar-refractivity contribution in [2.24, 2.45) is 5.92 Å². The van der Waals surface area contributed by atoms with Crippen molar-refractivity contribution in [1.82, 2.24) is 15.2 Å². The van der Waals surface area contributed by atoms with Crippen molar-refractivity contribution in [1.29, 1.82) is 0 Å². The van der Waals surface area contributed by atoms with Gasteiger partial charge in [-0.15, -0.1) is 0 Å². The minimum atomic E-state index is -4.39. The lowest BCUT2D eigenvalue weighted by Crippen LogP contribution is -2.41. The van der Waals surface area contributed by atoms with Crippen LogP contribution in [0.1, 0.15) is 37.1 Å². The summed E-state index contributed by atoms with van der Waals surface area (Å²) < 4.78 is 41.3. The van der Waals surface area contributed by atoms with E-state index in [0.717, 1.165) is 32.5 Å². The number of nitrogens with zero attached hydrogens (tertiary/aromatic N) is 2. The summed E-state index contributed by atoms with van der Waals surface area (Å²) in [5.41, 5.74) is 1.84. The van der Waals surface area contributed by atoms with Crippen LogP contribution in [0.15, 0.2) is 48.7 Å². The lowest BCUT2D eigenvalue weighted by atomic mass is 9.95. The maximum Gasteiger partial charge on any atom is 0.422 e. The first kappa shape index (κ1) is 22.1. The maximum absolute atomic E-state index is 12.6. The van der Waals surface area contributed by atoms with Gasteiger partial charge in [0.05, 0.1) is 17.9 Å². The summed E-state index contributed by atoms with van der Waals surface area (Å²) in [6, 6.07) is 12.9. The van der Waals surface area contributed by atoms with Crippen LogP contribution in [0.3, 0.4) is 0 Å². The molecule has 30 heavy (non-hydrogen) atoms. The van der Waals surface area contributed by atoms with E-state index in [2.05, 4.69) is 32.1 Å². The third-order valence-corrected chi connectivity index (χ3v) is 5.17. The Labute approximate surface area is 174 Å². The van der Waals surface area contributed by atoms with Gasteiger partial charge in [-0.05, 0) is 50.6 Å². The van der Waals surface area contributed by atoms with Crippen molar-refractivity contribution >= 4 is 5.91 Å². The zero-order valence-electron chi connectivity index (χ0n) is 16.9. The number of hydrogen-bond acceptors (Lipinski definition) is 4. The average molecular weight is 421 g/mol. The van der Waals surface area contributed by atoms with E-state index in [0.29, 0.717) is 5.69 Å². The number of amides is 1. The van der Waals surface area contributed by atoms with Crippen molar-refractivity contribution in [2.75, 3.05) is 19.7 Å². The van der Waals surface area contributed by atoms with Crippen LogP contribution >= 0.6 is 0 Å². The Morgan fingerprint density at radius 2 is 1.90 bits per heavy atom. The van der Waals surface area contributed by atoms with Gasteiger partial charge >= 0.3 is 6.18 Å². The summed E-state index contributed by atoms with van der Waals surface area (Å²) in [4.78, 5) is 19.1. The van der Waals surface area contributed by atoms with Crippen molar-refractivity contribution in [3.05, 3.63) is 59.9 Å². The molecule has 1 aliphatic heterocycles. The van der Waals surface area contributed by atoms with Gasteiger partial charge in [-0.3, -0.25) is 14.7 Å². The molecule has 2 aromatic rings. The van der Waals surface area contributed by atoms with Gasteiger partial charge in [-0.2, -0.15) is 13.2 Å². The smallest absolute Gasteiger partial charge is 0.422 e. The topological polar surface area (TPSA) is 54.5 Å². The highest BCUT2D eigenvalue weighted by atomic mass is 19.4. The van der Waals surface area contributed by atoms with E-state index in [-0.39, 0.29) is 23.6 Å². The summed E-state index contributed by atoms with van der Waals surface area (Å²) in [7, 11) is 0. The molecule has 0 saturated carbocycles. The maximum atomic E-state index is 12.6. The first-order chi connectivity index (χ1) is 14.3. The number of pyridine rings is 1. The number of nitrogens with one attached hydrogen (secondary N) is 1. The summed E-state index contributed by atoms with van der Waals surface area (Å²) in [6.45, 7) is 3.07. The number of benzene rings is 1. The molecule has 1 aliphatic rings. The molecule has 1 atom stereocenters. The van der Waals surface area contributed by atoms with Gasteiger partial charge in [0.15, 0.2) is 6.61 Å². The van der Waals surface area contributed by atoms with Crippen LogP contribution in [0.2, 0.25) is 0 Å². The Morgan fingerprint density at radius 1 is 1.20 bits per heavy atom. The number of carbonyl (C=O) groups excluding carboxylic acids is 1. The minimum Gasteiger partial charge on any atom is -0.483 e. The Hall–Kier alpha value is -2.61. The number of piperidine rings is 1. The third kappa shape index (κ3) is 6.73. The Kier molecular flexibility index (Phi) is 7.31. The van der Waals surface area contributed by atoms with Crippen LogP contribution in [0.25, 0.3) is 0 Å². The van der Waals surface area contributed by atoms with E-state index >= 15 is 0 Å². The molecule has 8 heteroatoms. The van der Waals surface area contributed by atoms with Gasteiger partial charge in [0, 0.05) is 12.5 Å². The molecule has 1 fully saturated rings. The van der Waals surface area contributed by atoms with Crippen LogP contribution in [0, 0.1) is 5.92 Å². The Bertz CT molecular complexity index is 805. The molecule has 1 amide bonds. The quantitative estimate of drug-likeness (QED) is 0.731. The third-order valence-electron chi connectivity index (χ3n) is 5.17. The van der Waals surface area contributed by atoms with Crippen molar-refractivity contribution in [3.8, 4) is 5.75 Å². The molecule has 1 aromatic carbocycles. The molecule has 1 N–H and O–H groups in total. The largest absolute Gasteiger partial charge is 0.483 e. The molecule has 1 aromatic heterocycles. The minimum absolute atomic E-state index is 0.0129. The second-order valence-corrected chi connectivity index (χ2v) is 7.59. The molecule has 5 nitrogen and oxygen atoms in total. The van der Waals surface area contributed by atoms with Gasteiger partial charge in [-0.1, -0.05) is 30.3 Å². The lowest BCUT2D eigenvalue weighted by molar-refractivity contribution is -0.153. The number of aromatic nitrogens is 1.